The van der Waals surface area contributed by atoms with Gasteiger partial charge in [0.2, 0.25) is 0 Å². The van der Waals surface area contributed by atoms with Gasteiger partial charge in [-0.05, 0) is 51.9 Å². The Morgan fingerprint density at radius 1 is 1.25 bits per heavy atom. The lowest BCUT2D eigenvalue weighted by molar-refractivity contribution is -0.149. The third-order valence-electron chi connectivity index (χ3n) is 4.01. The molecule has 0 amide bonds. The van der Waals surface area contributed by atoms with Crippen molar-refractivity contribution < 1.29 is 14.0 Å². The lowest BCUT2D eigenvalue weighted by atomic mass is 10.2. The van der Waals surface area contributed by atoms with Crippen LogP contribution in [0.3, 0.4) is 0 Å². The average molecular weight is 370 g/mol. The highest BCUT2D eigenvalue weighted by molar-refractivity contribution is 7.12. The predicted octanol–water partition coefficient (Wildman–Crippen LogP) is 5.41. The lowest BCUT2D eigenvalue weighted by Gasteiger charge is -2.35. The number of aromatic nitrogens is 1. The molecule has 0 aliphatic heterocycles. The molecular formula is C18H31NO3SSi. The first kappa shape index (κ1) is 21.1. The maximum absolute atomic E-state index is 12.0. The Morgan fingerprint density at radius 3 is 2.33 bits per heavy atom. The zero-order chi connectivity index (χ0) is 18.8. The molecule has 0 fully saturated rings. The van der Waals surface area contributed by atoms with Gasteiger partial charge in [0.25, 0.3) is 0 Å². The highest BCUT2D eigenvalue weighted by Gasteiger charge is 2.37. The SMILES string of the molecule is C/C(=C\c1cnc(CO[Si](C)(C)C(C)(C)C)s1)C(=O)OC(C)(C)C. The minimum Gasteiger partial charge on any atom is -0.457 e. The van der Waals surface area contributed by atoms with Crippen LogP contribution in [0.25, 0.3) is 6.08 Å². The van der Waals surface area contributed by atoms with Gasteiger partial charge >= 0.3 is 5.97 Å². The van der Waals surface area contributed by atoms with E-state index in [1.807, 2.05) is 26.8 Å². The second kappa shape index (κ2) is 7.50. The molecule has 6 heteroatoms. The molecule has 1 heterocycles. The van der Waals surface area contributed by atoms with E-state index in [0.717, 1.165) is 9.88 Å². The first-order valence-electron chi connectivity index (χ1n) is 8.21. The van der Waals surface area contributed by atoms with Gasteiger partial charge in [-0.2, -0.15) is 0 Å². The first-order valence-corrected chi connectivity index (χ1v) is 11.9. The van der Waals surface area contributed by atoms with Crippen LogP contribution in [0.5, 0.6) is 0 Å². The van der Waals surface area contributed by atoms with E-state index in [0.29, 0.717) is 12.2 Å². The molecule has 24 heavy (non-hydrogen) atoms. The molecule has 4 nitrogen and oxygen atoms in total. The van der Waals surface area contributed by atoms with Crippen molar-refractivity contribution in [2.75, 3.05) is 0 Å². The van der Waals surface area contributed by atoms with Crippen molar-refractivity contribution in [3.8, 4) is 0 Å². The molecule has 0 saturated carbocycles. The van der Waals surface area contributed by atoms with Crippen molar-refractivity contribution in [1.82, 2.24) is 4.98 Å². The number of nitrogens with zero attached hydrogens (tertiary/aromatic N) is 1. The summed E-state index contributed by atoms with van der Waals surface area (Å²) in [6, 6.07) is 0. The molecule has 1 rings (SSSR count). The second-order valence-electron chi connectivity index (χ2n) is 8.53. The molecule has 0 radical (unpaired) electrons. The fourth-order valence-electron chi connectivity index (χ4n) is 1.55. The number of carbonyl (C=O) groups is 1. The maximum atomic E-state index is 12.0. The Hall–Kier alpha value is -0.983. The molecule has 0 aromatic carbocycles. The van der Waals surface area contributed by atoms with Crippen LogP contribution in [0.4, 0.5) is 0 Å². The van der Waals surface area contributed by atoms with Crippen molar-refractivity contribution in [2.45, 2.75) is 78.8 Å². The smallest absolute Gasteiger partial charge is 0.334 e. The van der Waals surface area contributed by atoms with Crippen molar-refractivity contribution in [3.05, 3.63) is 21.7 Å². The fourth-order valence-corrected chi connectivity index (χ4v) is 3.42. The molecule has 0 unspecified atom stereocenters. The normalized spacial score (nSPS) is 14.0. The summed E-state index contributed by atoms with van der Waals surface area (Å²) in [5.74, 6) is -0.296. The Labute approximate surface area is 151 Å². The van der Waals surface area contributed by atoms with Gasteiger partial charge in [0.1, 0.15) is 10.6 Å². The number of rotatable bonds is 5. The average Bonchev–Trinajstić information content (AvgIpc) is 2.80. The molecule has 1 aromatic heterocycles. The second-order valence-corrected chi connectivity index (χ2v) is 14.5. The summed E-state index contributed by atoms with van der Waals surface area (Å²) in [4.78, 5) is 17.4. The van der Waals surface area contributed by atoms with Gasteiger partial charge in [0.05, 0.1) is 6.61 Å². The highest BCUT2D eigenvalue weighted by Crippen LogP contribution is 2.37. The molecule has 0 aliphatic carbocycles. The van der Waals surface area contributed by atoms with Crippen molar-refractivity contribution in [2.24, 2.45) is 0 Å². The molecule has 0 aliphatic rings. The number of hydrogen-bond acceptors (Lipinski definition) is 5. The van der Waals surface area contributed by atoms with Crippen LogP contribution < -0.4 is 0 Å². The van der Waals surface area contributed by atoms with Crippen LogP contribution >= 0.6 is 11.3 Å². The summed E-state index contributed by atoms with van der Waals surface area (Å²) in [6.45, 7) is 19.0. The van der Waals surface area contributed by atoms with Crippen LogP contribution in [-0.4, -0.2) is 24.9 Å². The number of carbonyl (C=O) groups excluding carboxylic acids is 1. The number of esters is 1. The molecule has 0 saturated heterocycles. The number of hydrogen-bond donors (Lipinski definition) is 0. The highest BCUT2D eigenvalue weighted by atomic mass is 32.1. The summed E-state index contributed by atoms with van der Waals surface area (Å²) < 4.78 is 11.6. The van der Waals surface area contributed by atoms with E-state index in [9.17, 15) is 4.79 Å². The molecule has 0 bridgehead atoms. The summed E-state index contributed by atoms with van der Waals surface area (Å²) in [5, 5.41) is 1.11. The van der Waals surface area contributed by atoms with E-state index in [2.05, 4.69) is 38.8 Å². The van der Waals surface area contributed by atoms with Crippen molar-refractivity contribution >= 4 is 31.7 Å². The standard InChI is InChI=1S/C18H31NO3SSi/c1-13(16(20)22-17(2,3)4)10-14-11-19-15(23-14)12-21-24(8,9)18(5,6)7/h10-11H,12H2,1-9H3/b13-10+. The molecule has 136 valence electrons. The Kier molecular flexibility index (Phi) is 6.58. The Bertz CT molecular complexity index is 607. The van der Waals surface area contributed by atoms with Crippen LogP contribution in [-0.2, 0) is 20.6 Å². The van der Waals surface area contributed by atoms with E-state index >= 15 is 0 Å². The van der Waals surface area contributed by atoms with Gasteiger partial charge in [-0.15, -0.1) is 11.3 Å². The molecule has 0 N–H and O–H groups in total. The Balaban J connectivity index is 2.73. The third kappa shape index (κ3) is 6.49. The summed E-state index contributed by atoms with van der Waals surface area (Å²) in [6.07, 6.45) is 3.60. The van der Waals surface area contributed by atoms with Crippen LogP contribution in [0.2, 0.25) is 18.1 Å². The molecule has 0 spiro atoms. The minimum absolute atomic E-state index is 0.181. The van der Waals surface area contributed by atoms with Gasteiger partial charge in [-0.3, -0.25) is 0 Å². The maximum Gasteiger partial charge on any atom is 0.334 e. The number of ether oxygens (including phenoxy) is 1. The van der Waals surface area contributed by atoms with E-state index in [-0.39, 0.29) is 11.0 Å². The van der Waals surface area contributed by atoms with E-state index in [1.54, 1.807) is 24.5 Å². The van der Waals surface area contributed by atoms with Crippen LogP contribution in [0.1, 0.15) is 58.4 Å². The fraction of sp³-hybridized carbons (Fsp3) is 0.667. The van der Waals surface area contributed by atoms with Gasteiger partial charge < -0.3 is 9.16 Å². The first-order chi connectivity index (χ1) is 10.7. The third-order valence-corrected chi connectivity index (χ3v) is 9.41. The largest absolute Gasteiger partial charge is 0.457 e. The Morgan fingerprint density at radius 2 is 1.83 bits per heavy atom. The zero-order valence-electron chi connectivity index (χ0n) is 16.4. The van der Waals surface area contributed by atoms with E-state index in [1.165, 1.54) is 0 Å². The summed E-state index contributed by atoms with van der Waals surface area (Å²) >= 11 is 1.55. The summed E-state index contributed by atoms with van der Waals surface area (Å²) in [5.41, 5.74) is 0.0904. The quantitative estimate of drug-likeness (QED) is 0.395. The monoisotopic (exact) mass is 369 g/mol. The van der Waals surface area contributed by atoms with Crippen LogP contribution in [0.15, 0.2) is 11.8 Å². The van der Waals surface area contributed by atoms with Gasteiger partial charge in [0.15, 0.2) is 8.32 Å². The van der Waals surface area contributed by atoms with Crippen molar-refractivity contribution in [3.63, 3.8) is 0 Å². The predicted molar refractivity (Wildman–Crippen MR) is 104 cm³/mol. The van der Waals surface area contributed by atoms with Gasteiger partial charge in [0, 0.05) is 16.6 Å². The molecule has 1 aromatic rings. The van der Waals surface area contributed by atoms with E-state index < -0.39 is 13.9 Å². The van der Waals surface area contributed by atoms with Crippen molar-refractivity contribution in [1.29, 1.82) is 0 Å². The minimum atomic E-state index is -1.78. The summed E-state index contributed by atoms with van der Waals surface area (Å²) in [7, 11) is -1.78. The number of thiazole rings is 1. The topological polar surface area (TPSA) is 48.4 Å². The lowest BCUT2D eigenvalue weighted by Crippen LogP contribution is -2.40. The zero-order valence-corrected chi connectivity index (χ0v) is 18.3. The van der Waals surface area contributed by atoms with Gasteiger partial charge in [-0.25, -0.2) is 9.78 Å². The van der Waals surface area contributed by atoms with Crippen LogP contribution in [0, 0.1) is 0 Å². The molecular weight excluding hydrogens is 338 g/mol. The molecule has 0 atom stereocenters. The van der Waals surface area contributed by atoms with Gasteiger partial charge in [-0.1, -0.05) is 20.8 Å². The van der Waals surface area contributed by atoms with E-state index in [4.69, 9.17) is 9.16 Å².